The van der Waals surface area contributed by atoms with Crippen LogP contribution in [0, 0.1) is 12.7 Å². The highest BCUT2D eigenvalue weighted by Gasteiger charge is 2.32. The van der Waals surface area contributed by atoms with Crippen molar-refractivity contribution in [1.82, 2.24) is 13.8 Å². The molecule has 9 heteroatoms. The van der Waals surface area contributed by atoms with Crippen LogP contribution in [0.3, 0.4) is 0 Å². The van der Waals surface area contributed by atoms with E-state index in [1.807, 2.05) is 23.6 Å². The maximum absolute atomic E-state index is 14.1. The molecule has 1 aliphatic rings. The van der Waals surface area contributed by atoms with Crippen molar-refractivity contribution in [1.29, 1.82) is 0 Å². The van der Waals surface area contributed by atoms with Gasteiger partial charge in [-0.2, -0.15) is 4.31 Å². The molecule has 6 nitrogen and oxygen atoms in total. The number of carbonyl (C=O) groups excluding carboxylic acids is 1. The first-order chi connectivity index (χ1) is 17.8. The number of piperazine rings is 1. The van der Waals surface area contributed by atoms with E-state index >= 15 is 0 Å². The van der Waals surface area contributed by atoms with Crippen LogP contribution in [0.15, 0.2) is 89.8 Å². The fourth-order valence-corrected chi connectivity index (χ4v) is 6.22. The Balaban J connectivity index is 1.45. The van der Waals surface area contributed by atoms with Gasteiger partial charge in [-0.1, -0.05) is 48.0 Å². The minimum Gasteiger partial charge on any atom is -0.336 e. The van der Waals surface area contributed by atoms with Crippen molar-refractivity contribution in [3.05, 3.63) is 107 Å². The maximum atomic E-state index is 14.1. The van der Waals surface area contributed by atoms with Gasteiger partial charge in [-0.3, -0.25) is 4.79 Å². The zero-order chi connectivity index (χ0) is 26.2. The monoisotopic (exact) mass is 537 g/mol. The molecule has 3 aromatic carbocycles. The first-order valence-corrected chi connectivity index (χ1v) is 13.7. The second-order valence-corrected chi connectivity index (χ2v) is 11.2. The fourth-order valence-electron chi connectivity index (χ4n) is 4.65. The van der Waals surface area contributed by atoms with E-state index in [-0.39, 0.29) is 42.8 Å². The van der Waals surface area contributed by atoms with Crippen molar-refractivity contribution >= 4 is 27.5 Å². The van der Waals surface area contributed by atoms with Crippen LogP contribution in [0.2, 0.25) is 5.02 Å². The largest absolute Gasteiger partial charge is 0.336 e. The van der Waals surface area contributed by atoms with E-state index in [0.29, 0.717) is 22.0 Å². The number of sulfonamides is 1. The van der Waals surface area contributed by atoms with Gasteiger partial charge in [-0.15, -0.1) is 0 Å². The van der Waals surface area contributed by atoms with Gasteiger partial charge in [0, 0.05) is 42.6 Å². The fraction of sp³-hybridized carbons (Fsp3) is 0.179. The average molecular weight is 538 g/mol. The molecule has 0 atom stereocenters. The normalized spacial score (nSPS) is 14.6. The number of hydrogen-bond donors (Lipinski definition) is 0. The predicted molar refractivity (Wildman–Crippen MR) is 142 cm³/mol. The van der Waals surface area contributed by atoms with Crippen molar-refractivity contribution < 1.29 is 17.6 Å². The summed E-state index contributed by atoms with van der Waals surface area (Å²) >= 11 is 6.08. The standard InChI is InChI=1S/C28H25ClFN3O3S/c1-20-26(28(34)31-14-16-32(17-15-31)37(35,36)25-8-3-2-4-9-25)19-27(21-10-12-22(29)13-11-21)33(20)24-7-5-6-23(30)18-24/h2-13,18-19H,14-17H2,1H3. The van der Waals surface area contributed by atoms with E-state index in [9.17, 15) is 17.6 Å². The van der Waals surface area contributed by atoms with Gasteiger partial charge in [0.15, 0.2) is 0 Å². The number of amides is 1. The quantitative estimate of drug-likeness (QED) is 0.343. The summed E-state index contributed by atoms with van der Waals surface area (Å²) in [4.78, 5) is 15.6. The lowest BCUT2D eigenvalue weighted by Crippen LogP contribution is -2.50. The molecule has 1 amide bonds. The zero-order valence-electron chi connectivity index (χ0n) is 20.1. The van der Waals surface area contributed by atoms with Crippen LogP contribution >= 0.6 is 11.6 Å². The summed E-state index contributed by atoms with van der Waals surface area (Å²) in [5, 5.41) is 0.587. The van der Waals surface area contributed by atoms with E-state index in [1.165, 1.54) is 16.4 Å². The summed E-state index contributed by atoms with van der Waals surface area (Å²) in [6.45, 7) is 2.78. The van der Waals surface area contributed by atoms with E-state index in [1.54, 1.807) is 65.6 Å². The molecule has 0 saturated carbocycles. The lowest BCUT2D eigenvalue weighted by Gasteiger charge is -2.34. The number of aromatic nitrogens is 1. The summed E-state index contributed by atoms with van der Waals surface area (Å²) in [7, 11) is -3.62. The molecule has 1 aromatic heterocycles. The van der Waals surface area contributed by atoms with Crippen LogP contribution in [0.25, 0.3) is 16.9 Å². The number of hydrogen-bond acceptors (Lipinski definition) is 3. The maximum Gasteiger partial charge on any atom is 0.255 e. The Bertz CT molecular complexity index is 1550. The first-order valence-electron chi connectivity index (χ1n) is 11.8. The van der Waals surface area contributed by atoms with Crippen LogP contribution in [-0.2, 0) is 10.0 Å². The summed E-state index contributed by atoms with van der Waals surface area (Å²) in [5.74, 6) is -0.573. The third-order valence-corrected chi connectivity index (χ3v) is 8.76. The number of halogens is 2. The molecular weight excluding hydrogens is 513 g/mol. The Morgan fingerprint density at radius 3 is 2.19 bits per heavy atom. The van der Waals surface area contributed by atoms with Gasteiger partial charge in [0.2, 0.25) is 10.0 Å². The van der Waals surface area contributed by atoms with E-state index in [0.717, 1.165) is 11.3 Å². The Hall–Kier alpha value is -3.46. The summed E-state index contributed by atoms with van der Waals surface area (Å²) in [5.41, 5.74) is 3.30. The van der Waals surface area contributed by atoms with Gasteiger partial charge in [0.05, 0.1) is 16.2 Å². The van der Waals surface area contributed by atoms with Gasteiger partial charge in [0.25, 0.3) is 5.91 Å². The lowest BCUT2D eigenvalue weighted by molar-refractivity contribution is 0.0697. The van der Waals surface area contributed by atoms with Crippen molar-refractivity contribution in [2.45, 2.75) is 11.8 Å². The third kappa shape index (κ3) is 4.92. The number of benzene rings is 3. The molecule has 37 heavy (non-hydrogen) atoms. The average Bonchev–Trinajstić information content (AvgIpc) is 3.26. The van der Waals surface area contributed by atoms with Crippen LogP contribution < -0.4 is 0 Å². The Morgan fingerprint density at radius 2 is 1.54 bits per heavy atom. The highest BCUT2D eigenvalue weighted by atomic mass is 35.5. The number of rotatable bonds is 5. The summed E-state index contributed by atoms with van der Waals surface area (Å²) in [6.07, 6.45) is 0. The highest BCUT2D eigenvalue weighted by Crippen LogP contribution is 2.31. The second kappa shape index (κ2) is 10.1. The van der Waals surface area contributed by atoms with Crippen LogP contribution in [0.1, 0.15) is 16.1 Å². The first kappa shape index (κ1) is 25.2. The minimum absolute atomic E-state index is 0.195. The molecule has 0 N–H and O–H groups in total. The smallest absolute Gasteiger partial charge is 0.255 e. The Kier molecular flexibility index (Phi) is 6.90. The number of nitrogens with zero attached hydrogens (tertiary/aromatic N) is 3. The van der Waals surface area contributed by atoms with Gasteiger partial charge in [-0.25, -0.2) is 12.8 Å². The number of carbonyl (C=O) groups is 1. The predicted octanol–water partition coefficient (Wildman–Crippen LogP) is 5.39. The van der Waals surface area contributed by atoms with Crippen LogP contribution in [0.5, 0.6) is 0 Å². The van der Waals surface area contributed by atoms with Gasteiger partial charge >= 0.3 is 0 Å². The molecule has 4 aromatic rings. The van der Waals surface area contributed by atoms with Gasteiger partial charge < -0.3 is 9.47 Å². The topological polar surface area (TPSA) is 62.6 Å². The molecule has 0 unspecified atom stereocenters. The molecular formula is C28H25ClFN3O3S. The zero-order valence-corrected chi connectivity index (χ0v) is 21.7. The molecule has 5 rings (SSSR count). The summed E-state index contributed by atoms with van der Waals surface area (Å²) < 4.78 is 43.4. The van der Waals surface area contributed by atoms with Crippen molar-refractivity contribution in [2.24, 2.45) is 0 Å². The van der Waals surface area contributed by atoms with Crippen molar-refractivity contribution in [3.63, 3.8) is 0 Å². The molecule has 0 bridgehead atoms. The molecule has 1 saturated heterocycles. The van der Waals surface area contributed by atoms with Crippen LogP contribution in [-0.4, -0.2) is 54.3 Å². The molecule has 2 heterocycles. The molecule has 1 aliphatic heterocycles. The Labute approximate surface area is 220 Å². The molecule has 1 fully saturated rings. The van der Waals surface area contributed by atoms with Crippen molar-refractivity contribution in [3.8, 4) is 16.9 Å². The van der Waals surface area contributed by atoms with Gasteiger partial charge in [-0.05, 0) is 61.0 Å². The lowest BCUT2D eigenvalue weighted by atomic mass is 10.1. The molecule has 190 valence electrons. The summed E-state index contributed by atoms with van der Waals surface area (Å²) in [6, 6.07) is 23.6. The van der Waals surface area contributed by atoms with E-state index in [4.69, 9.17) is 11.6 Å². The third-order valence-electron chi connectivity index (χ3n) is 6.59. The molecule has 0 radical (unpaired) electrons. The van der Waals surface area contributed by atoms with Crippen molar-refractivity contribution in [2.75, 3.05) is 26.2 Å². The van der Waals surface area contributed by atoms with E-state index in [2.05, 4.69) is 0 Å². The Morgan fingerprint density at radius 1 is 0.865 bits per heavy atom. The molecule has 0 aliphatic carbocycles. The molecule has 0 spiro atoms. The van der Waals surface area contributed by atoms with Crippen LogP contribution in [0.4, 0.5) is 4.39 Å². The second-order valence-electron chi connectivity index (χ2n) is 8.86. The van der Waals surface area contributed by atoms with Gasteiger partial charge in [0.1, 0.15) is 5.82 Å². The SMILES string of the molecule is Cc1c(C(=O)N2CCN(S(=O)(=O)c3ccccc3)CC2)cc(-c2ccc(Cl)cc2)n1-c1cccc(F)c1. The highest BCUT2D eigenvalue weighted by molar-refractivity contribution is 7.89. The minimum atomic E-state index is -3.62. The van der Waals surface area contributed by atoms with E-state index < -0.39 is 10.0 Å².